The van der Waals surface area contributed by atoms with Crippen molar-refractivity contribution in [2.24, 2.45) is 11.7 Å². The highest BCUT2D eigenvalue weighted by atomic mass is 16.5. The molecule has 2 rings (SSSR count). The smallest absolute Gasteiger partial charge is 0.224 e. The van der Waals surface area contributed by atoms with Crippen molar-refractivity contribution >= 4 is 17.3 Å². The first-order valence-electron chi connectivity index (χ1n) is 6.59. The van der Waals surface area contributed by atoms with Crippen LogP contribution in [0.2, 0.25) is 0 Å². The van der Waals surface area contributed by atoms with E-state index < -0.39 is 0 Å². The van der Waals surface area contributed by atoms with E-state index in [2.05, 4.69) is 5.32 Å². The molecule has 5 heteroatoms. The second kappa shape index (κ2) is 5.93. The fourth-order valence-corrected chi connectivity index (χ4v) is 2.53. The van der Waals surface area contributed by atoms with Crippen LogP contribution in [-0.2, 0) is 4.79 Å². The number of methoxy groups -OCH3 is 1. The Balaban J connectivity index is 1.98. The number of carbonyl (C=O) groups is 1. The molecule has 19 heavy (non-hydrogen) atoms. The molecule has 0 spiro atoms. The maximum Gasteiger partial charge on any atom is 0.224 e. The summed E-state index contributed by atoms with van der Waals surface area (Å²) in [5, 5.41) is 2.83. The van der Waals surface area contributed by atoms with Crippen LogP contribution in [0.4, 0.5) is 11.4 Å². The highest BCUT2D eigenvalue weighted by Gasteiger charge is 2.26. The number of anilines is 2. The molecular formula is C14H21N3O2. The number of carbonyl (C=O) groups excluding carboxylic acids is 1. The van der Waals surface area contributed by atoms with Crippen molar-refractivity contribution in [1.29, 1.82) is 0 Å². The number of benzene rings is 1. The van der Waals surface area contributed by atoms with Gasteiger partial charge in [-0.2, -0.15) is 0 Å². The van der Waals surface area contributed by atoms with Crippen LogP contribution >= 0.6 is 0 Å². The third-order valence-corrected chi connectivity index (χ3v) is 3.70. The summed E-state index contributed by atoms with van der Waals surface area (Å²) in [6, 6.07) is 5.35. The quantitative estimate of drug-likeness (QED) is 0.722. The van der Waals surface area contributed by atoms with Gasteiger partial charge in [0.25, 0.3) is 0 Å². The van der Waals surface area contributed by atoms with E-state index in [0.717, 1.165) is 19.3 Å². The number of nitrogens with two attached hydrogens (primary N) is 2. The molecule has 1 aliphatic rings. The predicted molar refractivity (Wildman–Crippen MR) is 76.0 cm³/mol. The molecule has 1 fully saturated rings. The van der Waals surface area contributed by atoms with Crippen molar-refractivity contribution in [2.75, 3.05) is 18.2 Å². The Morgan fingerprint density at radius 2 is 2.26 bits per heavy atom. The normalized spacial score (nSPS) is 22.2. The third kappa shape index (κ3) is 3.38. The topological polar surface area (TPSA) is 90.4 Å². The van der Waals surface area contributed by atoms with Crippen LogP contribution in [0.1, 0.15) is 25.7 Å². The van der Waals surface area contributed by atoms with Crippen LogP contribution in [0.3, 0.4) is 0 Å². The summed E-state index contributed by atoms with van der Waals surface area (Å²) in [6.07, 6.45) is 3.61. The minimum atomic E-state index is -0.0395. The Morgan fingerprint density at radius 3 is 2.89 bits per heavy atom. The van der Waals surface area contributed by atoms with Crippen LogP contribution < -0.4 is 21.5 Å². The summed E-state index contributed by atoms with van der Waals surface area (Å²) >= 11 is 0. The number of nitrogens with one attached hydrogen (secondary N) is 1. The van der Waals surface area contributed by atoms with E-state index in [4.69, 9.17) is 16.2 Å². The van der Waals surface area contributed by atoms with Gasteiger partial charge >= 0.3 is 0 Å². The van der Waals surface area contributed by atoms with Crippen molar-refractivity contribution in [3.63, 3.8) is 0 Å². The average Bonchev–Trinajstić information content (AvgIpc) is 2.78. The molecule has 1 aliphatic carbocycles. The van der Waals surface area contributed by atoms with Crippen molar-refractivity contribution in [3.05, 3.63) is 18.2 Å². The zero-order valence-electron chi connectivity index (χ0n) is 11.2. The molecule has 104 valence electrons. The lowest BCUT2D eigenvalue weighted by atomic mass is 10.00. The number of amides is 1. The fraction of sp³-hybridized carbons (Fsp3) is 0.500. The van der Waals surface area contributed by atoms with E-state index >= 15 is 0 Å². The molecule has 1 saturated carbocycles. The lowest BCUT2D eigenvalue weighted by Crippen LogP contribution is -2.28. The first-order valence-corrected chi connectivity index (χ1v) is 6.59. The molecule has 0 bridgehead atoms. The number of hydrogen-bond acceptors (Lipinski definition) is 4. The van der Waals surface area contributed by atoms with Gasteiger partial charge in [-0.05, 0) is 30.9 Å². The summed E-state index contributed by atoms with van der Waals surface area (Å²) in [5.74, 6) is 0.913. The van der Waals surface area contributed by atoms with Gasteiger partial charge in [0.1, 0.15) is 5.75 Å². The molecule has 0 saturated heterocycles. The van der Waals surface area contributed by atoms with Gasteiger partial charge in [0.15, 0.2) is 0 Å². The van der Waals surface area contributed by atoms with Gasteiger partial charge in [-0.25, -0.2) is 0 Å². The Kier molecular flexibility index (Phi) is 4.27. The van der Waals surface area contributed by atoms with Crippen LogP contribution in [0.5, 0.6) is 5.75 Å². The van der Waals surface area contributed by atoms with Crippen LogP contribution in [-0.4, -0.2) is 19.1 Å². The molecule has 1 aromatic carbocycles. The van der Waals surface area contributed by atoms with E-state index in [1.54, 1.807) is 25.3 Å². The SMILES string of the molecule is COc1ccc(N)c(NC(=O)C[C@@H]2CCC[C@H]2N)c1. The highest BCUT2D eigenvalue weighted by Crippen LogP contribution is 2.28. The third-order valence-electron chi connectivity index (χ3n) is 3.70. The Labute approximate surface area is 113 Å². The number of rotatable bonds is 4. The zero-order valence-corrected chi connectivity index (χ0v) is 11.2. The van der Waals surface area contributed by atoms with Gasteiger partial charge in [-0.1, -0.05) is 6.42 Å². The Morgan fingerprint density at radius 1 is 1.47 bits per heavy atom. The van der Waals surface area contributed by atoms with Crippen molar-refractivity contribution in [2.45, 2.75) is 31.7 Å². The molecule has 0 aromatic heterocycles. The monoisotopic (exact) mass is 263 g/mol. The molecular weight excluding hydrogens is 242 g/mol. The van der Waals surface area contributed by atoms with Crippen molar-refractivity contribution in [3.8, 4) is 5.75 Å². The first kappa shape index (κ1) is 13.7. The van der Waals surface area contributed by atoms with E-state index in [1.165, 1.54) is 0 Å². The van der Waals surface area contributed by atoms with Crippen LogP contribution in [0.25, 0.3) is 0 Å². The zero-order chi connectivity index (χ0) is 13.8. The van der Waals surface area contributed by atoms with E-state index in [-0.39, 0.29) is 17.9 Å². The Hall–Kier alpha value is -1.75. The molecule has 5 N–H and O–H groups in total. The lowest BCUT2D eigenvalue weighted by molar-refractivity contribution is -0.117. The number of nitrogen functional groups attached to an aromatic ring is 1. The van der Waals surface area contributed by atoms with Gasteiger partial charge in [-0.15, -0.1) is 0 Å². The molecule has 0 radical (unpaired) electrons. The molecule has 0 heterocycles. The van der Waals surface area contributed by atoms with Crippen LogP contribution in [0, 0.1) is 5.92 Å². The molecule has 0 unspecified atom stereocenters. The van der Waals surface area contributed by atoms with Crippen molar-refractivity contribution < 1.29 is 9.53 Å². The van der Waals surface area contributed by atoms with Gasteiger partial charge in [-0.3, -0.25) is 4.79 Å². The van der Waals surface area contributed by atoms with Gasteiger partial charge in [0.05, 0.1) is 18.5 Å². The summed E-state index contributed by atoms with van der Waals surface area (Å²) in [7, 11) is 1.58. The fourth-order valence-electron chi connectivity index (χ4n) is 2.53. The summed E-state index contributed by atoms with van der Waals surface area (Å²) in [6.45, 7) is 0. The van der Waals surface area contributed by atoms with E-state index in [1.807, 2.05) is 0 Å². The average molecular weight is 263 g/mol. The molecule has 1 amide bonds. The first-order chi connectivity index (χ1) is 9.10. The van der Waals surface area contributed by atoms with Crippen molar-refractivity contribution in [1.82, 2.24) is 0 Å². The minimum Gasteiger partial charge on any atom is -0.497 e. The molecule has 5 nitrogen and oxygen atoms in total. The van der Waals surface area contributed by atoms with Gasteiger partial charge in [0, 0.05) is 18.5 Å². The second-order valence-electron chi connectivity index (χ2n) is 5.06. The Bertz CT molecular complexity index is 462. The molecule has 0 aliphatic heterocycles. The predicted octanol–water partition coefficient (Wildman–Crippen LogP) is 1.73. The molecule has 1 aromatic rings. The molecule has 2 atom stereocenters. The maximum atomic E-state index is 12.0. The van der Waals surface area contributed by atoms with E-state index in [0.29, 0.717) is 23.5 Å². The summed E-state index contributed by atoms with van der Waals surface area (Å²) in [4.78, 5) is 12.0. The second-order valence-corrected chi connectivity index (χ2v) is 5.06. The minimum absolute atomic E-state index is 0.0395. The largest absolute Gasteiger partial charge is 0.497 e. The number of hydrogen-bond donors (Lipinski definition) is 3. The van der Waals surface area contributed by atoms with Crippen LogP contribution in [0.15, 0.2) is 18.2 Å². The standard InChI is InChI=1S/C14H21N3O2/c1-19-10-5-6-12(16)13(8-10)17-14(18)7-9-3-2-4-11(9)15/h5-6,8-9,11H,2-4,7,15-16H2,1H3,(H,17,18)/t9-,11+/m0/s1. The van der Waals surface area contributed by atoms with E-state index in [9.17, 15) is 4.79 Å². The van der Waals surface area contributed by atoms with Gasteiger partial charge < -0.3 is 21.5 Å². The summed E-state index contributed by atoms with van der Waals surface area (Å²) in [5.41, 5.74) is 12.9. The lowest BCUT2D eigenvalue weighted by Gasteiger charge is -2.15. The summed E-state index contributed by atoms with van der Waals surface area (Å²) < 4.78 is 5.12. The van der Waals surface area contributed by atoms with Gasteiger partial charge in [0.2, 0.25) is 5.91 Å². The number of ether oxygens (including phenoxy) is 1. The highest BCUT2D eigenvalue weighted by molar-refractivity contribution is 5.94. The maximum absolute atomic E-state index is 12.0.